The normalized spacial score (nSPS) is 10.2. The highest BCUT2D eigenvalue weighted by atomic mass is 16.5. The van der Waals surface area contributed by atoms with Crippen LogP contribution in [-0.2, 0) is 20.7 Å². The van der Waals surface area contributed by atoms with Gasteiger partial charge in [-0.3, -0.25) is 9.59 Å². The molecule has 0 aliphatic heterocycles. The smallest absolute Gasteiger partial charge is 0.310 e. The molecule has 0 bridgehead atoms. The molecule has 0 aliphatic rings. The highest BCUT2D eigenvalue weighted by Crippen LogP contribution is 2.10. The van der Waals surface area contributed by atoms with Gasteiger partial charge in [-0.2, -0.15) is 0 Å². The maximum absolute atomic E-state index is 11.8. The maximum atomic E-state index is 11.8. The van der Waals surface area contributed by atoms with Crippen molar-refractivity contribution in [3.05, 3.63) is 65.2 Å². The molecule has 25 heavy (non-hydrogen) atoms. The van der Waals surface area contributed by atoms with Crippen molar-refractivity contribution in [3.8, 4) is 5.75 Å². The highest BCUT2D eigenvalue weighted by Gasteiger charge is 2.09. The van der Waals surface area contributed by atoms with E-state index >= 15 is 0 Å². The number of amides is 1. The third kappa shape index (κ3) is 6.67. The van der Waals surface area contributed by atoms with Crippen LogP contribution in [-0.4, -0.2) is 31.6 Å². The van der Waals surface area contributed by atoms with E-state index in [1.807, 2.05) is 62.4 Å². The summed E-state index contributed by atoms with van der Waals surface area (Å²) in [6.45, 7) is 4.43. The van der Waals surface area contributed by atoms with Crippen molar-refractivity contribution in [2.24, 2.45) is 0 Å². The van der Waals surface area contributed by atoms with Gasteiger partial charge >= 0.3 is 5.97 Å². The minimum Gasteiger partial charge on any atom is -0.492 e. The first-order valence-electron chi connectivity index (χ1n) is 8.21. The van der Waals surface area contributed by atoms with Crippen LogP contribution in [0.15, 0.2) is 48.5 Å². The van der Waals surface area contributed by atoms with E-state index in [0.29, 0.717) is 13.2 Å². The summed E-state index contributed by atoms with van der Waals surface area (Å²) in [4.78, 5) is 23.5. The highest BCUT2D eigenvalue weighted by molar-refractivity contribution is 5.81. The van der Waals surface area contributed by atoms with Gasteiger partial charge in [-0.1, -0.05) is 36.4 Å². The lowest BCUT2D eigenvalue weighted by atomic mass is 10.0. The monoisotopic (exact) mass is 341 g/mol. The summed E-state index contributed by atoms with van der Waals surface area (Å²) in [5.41, 5.74) is 3.18. The molecule has 2 aromatic rings. The van der Waals surface area contributed by atoms with Crippen LogP contribution in [0.25, 0.3) is 0 Å². The second-order valence-electron chi connectivity index (χ2n) is 5.77. The average molecular weight is 341 g/mol. The van der Waals surface area contributed by atoms with E-state index in [-0.39, 0.29) is 18.9 Å². The minimum absolute atomic E-state index is 0.158. The molecule has 0 aliphatic carbocycles. The van der Waals surface area contributed by atoms with Crippen LogP contribution in [0.4, 0.5) is 0 Å². The Kier molecular flexibility index (Phi) is 7.01. The lowest BCUT2D eigenvalue weighted by Crippen LogP contribution is -2.32. The number of carbonyl (C=O) groups is 2. The van der Waals surface area contributed by atoms with E-state index in [1.165, 1.54) is 5.56 Å². The topological polar surface area (TPSA) is 64.6 Å². The molecule has 0 fully saturated rings. The number of hydrogen-bond acceptors (Lipinski definition) is 4. The zero-order chi connectivity index (χ0) is 18.1. The second kappa shape index (κ2) is 9.47. The third-order valence-electron chi connectivity index (χ3n) is 3.72. The fraction of sp³-hybridized carbons (Fsp3) is 0.300. The Bertz CT molecular complexity index is 713. The summed E-state index contributed by atoms with van der Waals surface area (Å²) in [5, 5.41) is 2.65. The standard InChI is InChI=1S/C20H23NO4/c1-15-8-9-17(12-16(15)2)13-20(23)25-14-19(22)21-10-11-24-18-6-4-3-5-7-18/h3-9,12H,10-11,13-14H2,1-2H3,(H,21,22). The fourth-order valence-corrected chi connectivity index (χ4v) is 2.20. The van der Waals surface area contributed by atoms with Crippen molar-refractivity contribution in [2.45, 2.75) is 20.3 Å². The molecule has 0 saturated heterocycles. The van der Waals surface area contributed by atoms with Gasteiger partial charge in [0.25, 0.3) is 5.91 Å². The summed E-state index contributed by atoms with van der Waals surface area (Å²) < 4.78 is 10.5. The summed E-state index contributed by atoms with van der Waals surface area (Å²) in [5.74, 6) is -0.0133. The Morgan fingerprint density at radius 1 is 1.00 bits per heavy atom. The molecule has 1 amide bonds. The van der Waals surface area contributed by atoms with Crippen LogP contribution in [0.2, 0.25) is 0 Å². The van der Waals surface area contributed by atoms with Crippen LogP contribution in [0.5, 0.6) is 5.75 Å². The van der Waals surface area contributed by atoms with Gasteiger partial charge in [-0.05, 0) is 42.7 Å². The molecule has 0 spiro atoms. The fourth-order valence-electron chi connectivity index (χ4n) is 2.20. The SMILES string of the molecule is Cc1ccc(CC(=O)OCC(=O)NCCOc2ccccc2)cc1C. The van der Waals surface area contributed by atoms with Crippen molar-refractivity contribution in [1.29, 1.82) is 0 Å². The van der Waals surface area contributed by atoms with Gasteiger partial charge in [-0.25, -0.2) is 0 Å². The van der Waals surface area contributed by atoms with Crippen LogP contribution in [0.3, 0.4) is 0 Å². The number of esters is 1. The summed E-state index contributed by atoms with van der Waals surface area (Å²) in [6.07, 6.45) is 0.158. The van der Waals surface area contributed by atoms with Crippen molar-refractivity contribution in [3.63, 3.8) is 0 Å². The van der Waals surface area contributed by atoms with Crippen molar-refractivity contribution < 1.29 is 19.1 Å². The minimum atomic E-state index is -0.418. The summed E-state index contributed by atoms with van der Waals surface area (Å²) in [7, 11) is 0. The number of rotatable bonds is 8. The molecular formula is C20H23NO4. The lowest BCUT2D eigenvalue weighted by Gasteiger charge is -2.09. The van der Waals surface area contributed by atoms with E-state index < -0.39 is 5.97 Å². The first-order valence-corrected chi connectivity index (χ1v) is 8.21. The number of para-hydroxylation sites is 1. The van der Waals surface area contributed by atoms with E-state index in [4.69, 9.17) is 9.47 Å². The van der Waals surface area contributed by atoms with Gasteiger partial charge in [0.15, 0.2) is 6.61 Å². The Labute approximate surface area is 148 Å². The van der Waals surface area contributed by atoms with E-state index in [9.17, 15) is 9.59 Å². The molecule has 2 aromatic carbocycles. The Morgan fingerprint density at radius 2 is 1.76 bits per heavy atom. The molecule has 0 aromatic heterocycles. The molecule has 1 N–H and O–H groups in total. The number of aryl methyl sites for hydroxylation is 2. The first kappa shape index (κ1) is 18.5. The number of carbonyl (C=O) groups excluding carboxylic acids is 2. The number of nitrogens with one attached hydrogen (secondary N) is 1. The Morgan fingerprint density at radius 3 is 2.48 bits per heavy atom. The maximum Gasteiger partial charge on any atom is 0.310 e. The molecule has 2 rings (SSSR count). The Hall–Kier alpha value is -2.82. The quantitative estimate of drug-likeness (QED) is 0.592. The summed E-state index contributed by atoms with van der Waals surface area (Å²) in [6, 6.07) is 15.2. The molecule has 132 valence electrons. The predicted octanol–water partition coefficient (Wildman–Crippen LogP) is 2.58. The molecule has 0 saturated carbocycles. The van der Waals surface area contributed by atoms with Crippen molar-refractivity contribution in [1.82, 2.24) is 5.32 Å². The molecule has 0 unspecified atom stereocenters. The zero-order valence-electron chi connectivity index (χ0n) is 14.6. The largest absolute Gasteiger partial charge is 0.492 e. The van der Waals surface area contributed by atoms with Gasteiger partial charge in [0.2, 0.25) is 0 Å². The summed E-state index contributed by atoms with van der Waals surface area (Å²) >= 11 is 0. The van der Waals surface area contributed by atoms with Crippen LogP contribution < -0.4 is 10.1 Å². The molecule has 0 radical (unpaired) electrons. The van der Waals surface area contributed by atoms with Crippen LogP contribution in [0.1, 0.15) is 16.7 Å². The average Bonchev–Trinajstić information content (AvgIpc) is 2.61. The van der Waals surface area contributed by atoms with Crippen molar-refractivity contribution in [2.75, 3.05) is 19.8 Å². The molecule has 0 atom stereocenters. The molecule has 0 heterocycles. The zero-order valence-corrected chi connectivity index (χ0v) is 14.6. The van der Waals surface area contributed by atoms with Gasteiger partial charge in [0.1, 0.15) is 12.4 Å². The van der Waals surface area contributed by atoms with E-state index in [1.54, 1.807) is 0 Å². The van der Waals surface area contributed by atoms with Gasteiger partial charge in [0, 0.05) is 0 Å². The van der Waals surface area contributed by atoms with E-state index in [0.717, 1.165) is 16.9 Å². The predicted molar refractivity (Wildman–Crippen MR) is 95.5 cm³/mol. The van der Waals surface area contributed by atoms with Crippen LogP contribution in [0, 0.1) is 13.8 Å². The molecular weight excluding hydrogens is 318 g/mol. The number of hydrogen-bond donors (Lipinski definition) is 1. The lowest BCUT2D eigenvalue weighted by molar-refractivity contribution is -0.147. The van der Waals surface area contributed by atoms with E-state index in [2.05, 4.69) is 5.32 Å². The number of ether oxygens (including phenoxy) is 2. The molecule has 5 heteroatoms. The number of benzene rings is 2. The molecule has 5 nitrogen and oxygen atoms in total. The van der Waals surface area contributed by atoms with Gasteiger partial charge in [-0.15, -0.1) is 0 Å². The van der Waals surface area contributed by atoms with Crippen LogP contribution >= 0.6 is 0 Å². The first-order chi connectivity index (χ1) is 12.0. The van der Waals surface area contributed by atoms with Crippen molar-refractivity contribution >= 4 is 11.9 Å². The third-order valence-corrected chi connectivity index (χ3v) is 3.72. The van der Waals surface area contributed by atoms with Gasteiger partial charge < -0.3 is 14.8 Å². The Balaban J connectivity index is 1.62. The second-order valence-corrected chi connectivity index (χ2v) is 5.77. The van der Waals surface area contributed by atoms with Gasteiger partial charge in [0.05, 0.1) is 13.0 Å².